The van der Waals surface area contributed by atoms with Gasteiger partial charge >= 0.3 is 6.18 Å². The fraction of sp³-hybridized carbons (Fsp3) is 0.348. The average Bonchev–Trinajstić information content (AvgIpc) is 2.76. The van der Waals surface area contributed by atoms with Crippen molar-refractivity contribution in [2.75, 3.05) is 26.0 Å². The predicted octanol–water partition coefficient (Wildman–Crippen LogP) is 4.99. The number of hydrogen-bond donors (Lipinski definition) is 0. The van der Waals surface area contributed by atoms with Crippen LogP contribution < -0.4 is 4.74 Å². The van der Waals surface area contributed by atoms with E-state index < -0.39 is 34.7 Å². The molecular weight excluding hydrogens is 462 g/mol. The van der Waals surface area contributed by atoms with Crippen LogP contribution in [-0.2, 0) is 9.84 Å². The molecule has 1 heterocycles. The lowest BCUT2D eigenvalue weighted by atomic mass is 9.97. The minimum Gasteiger partial charge on any atom is -0.483 e. The van der Waals surface area contributed by atoms with Gasteiger partial charge < -0.3 is 9.64 Å². The molecule has 1 aliphatic heterocycles. The zero-order chi connectivity index (χ0) is 24.4. The summed E-state index contributed by atoms with van der Waals surface area (Å²) in [5.74, 6) is -0.968. The topological polar surface area (TPSA) is 63.7 Å². The molecule has 2 aromatic carbocycles. The molecule has 2 aromatic rings. The van der Waals surface area contributed by atoms with E-state index in [1.807, 2.05) is 6.08 Å². The first-order valence-electron chi connectivity index (χ1n) is 10.1. The average molecular weight is 485 g/mol. The van der Waals surface area contributed by atoms with Crippen LogP contribution in [0.4, 0.5) is 17.6 Å². The van der Waals surface area contributed by atoms with Gasteiger partial charge in [0.05, 0.1) is 10.5 Å². The van der Waals surface area contributed by atoms with Gasteiger partial charge in [0.25, 0.3) is 5.91 Å². The highest BCUT2D eigenvalue weighted by molar-refractivity contribution is 7.90. The maximum atomic E-state index is 13.4. The zero-order valence-electron chi connectivity index (χ0n) is 18.0. The third-order valence-corrected chi connectivity index (χ3v) is 6.35. The number of sulfone groups is 1. The van der Waals surface area contributed by atoms with Crippen LogP contribution in [0, 0.1) is 0 Å². The molecule has 0 N–H and O–H groups in total. The van der Waals surface area contributed by atoms with E-state index in [2.05, 4.69) is 0 Å². The molecule has 0 saturated heterocycles. The van der Waals surface area contributed by atoms with E-state index in [0.29, 0.717) is 12.0 Å². The summed E-state index contributed by atoms with van der Waals surface area (Å²) >= 11 is 0. The minimum absolute atomic E-state index is 0.178. The molecule has 3 rings (SSSR count). The van der Waals surface area contributed by atoms with E-state index in [1.165, 1.54) is 11.8 Å². The van der Waals surface area contributed by atoms with Gasteiger partial charge in [-0.25, -0.2) is 12.8 Å². The Morgan fingerprint density at radius 1 is 1.15 bits per heavy atom. The number of benzene rings is 2. The normalized spacial score (nSPS) is 15.7. The molecule has 178 valence electrons. The van der Waals surface area contributed by atoms with Crippen LogP contribution in [0.1, 0.15) is 41.0 Å². The summed E-state index contributed by atoms with van der Waals surface area (Å²) in [5, 5.41) is 0. The van der Waals surface area contributed by atoms with Crippen molar-refractivity contribution in [3.63, 3.8) is 0 Å². The number of rotatable bonds is 6. The van der Waals surface area contributed by atoms with Gasteiger partial charge in [0.2, 0.25) is 0 Å². The molecule has 0 radical (unpaired) electrons. The van der Waals surface area contributed by atoms with Gasteiger partial charge in [0.1, 0.15) is 11.9 Å². The molecule has 1 amide bonds. The number of hydrogen-bond acceptors (Lipinski definition) is 4. The third kappa shape index (κ3) is 6.34. The monoisotopic (exact) mass is 485 g/mol. The van der Waals surface area contributed by atoms with E-state index >= 15 is 0 Å². The third-order valence-electron chi connectivity index (χ3n) is 5.24. The maximum absolute atomic E-state index is 13.4. The summed E-state index contributed by atoms with van der Waals surface area (Å²) in [6.07, 6.45) is -2.47. The van der Waals surface area contributed by atoms with Crippen molar-refractivity contribution in [2.45, 2.75) is 30.6 Å². The Morgan fingerprint density at radius 3 is 2.33 bits per heavy atom. The Kier molecular flexibility index (Phi) is 7.16. The number of carbonyl (C=O) groups is 1. The van der Waals surface area contributed by atoms with Gasteiger partial charge in [-0.15, -0.1) is 0 Å². The Balaban J connectivity index is 1.83. The molecule has 10 heteroatoms. The fourth-order valence-corrected chi connectivity index (χ4v) is 4.09. The van der Waals surface area contributed by atoms with Crippen molar-refractivity contribution in [2.24, 2.45) is 0 Å². The lowest BCUT2D eigenvalue weighted by Crippen LogP contribution is -2.35. The van der Waals surface area contributed by atoms with Gasteiger partial charge in [-0.2, -0.15) is 13.2 Å². The minimum atomic E-state index is -4.62. The van der Waals surface area contributed by atoms with Crippen LogP contribution in [0.2, 0.25) is 0 Å². The highest BCUT2D eigenvalue weighted by Crippen LogP contribution is 2.29. The van der Waals surface area contributed by atoms with Crippen molar-refractivity contribution < 1.29 is 35.5 Å². The Bertz CT molecular complexity index is 1160. The largest absolute Gasteiger partial charge is 0.483 e. The highest BCUT2D eigenvalue weighted by Gasteiger charge is 2.30. The summed E-state index contributed by atoms with van der Waals surface area (Å²) in [5.41, 5.74) is 2.15. The lowest BCUT2D eigenvalue weighted by molar-refractivity contribution is -0.153. The SMILES string of the molecule is CC(F)c1ccc(C2=CCN(C(=O)c3cc(S(C)(=O)=O)ccc3OCC(F)(F)F)CC2)cc1. The quantitative estimate of drug-likeness (QED) is 0.541. The van der Waals surface area contributed by atoms with Gasteiger partial charge in [-0.3, -0.25) is 4.79 Å². The van der Waals surface area contributed by atoms with Crippen LogP contribution in [-0.4, -0.2) is 51.4 Å². The molecular formula is C23H23F4NO4S. The Hall–Kier alpha value is -2.88. The molecule has 0 fully saturated rings. The number of carbonyl (C=O) groups excluding carboxylic acids is 1. The predicted molar refractivity (Wildman–Crippen MR) is 116 cm³/mol. The first kappa shape index (κ1) is 24.8. The van der Waals surface area contributed by atoms with Crippen LogP contribution in [0.25, 0.3) is 5.57 Å². The smallest absolute Gasteiger partial charge is 0.422 e. The molecule has 0 aromatic heterocycles. The number of halogens is 4. The van der Waals surface area contributed by atoms with E-state index in [0.717, 1.165) is 35.6 Å². The Morgan fingerprint density at radius 2 is 1.82 bits per heavy atom. The van der Waals surface area contributed by atoms with E-state index in [-0.39, 0.29) is 29.3 Å². The van der Waals surface area contributed by atoms with Crippen LogP contribution in [0.5, 0.6) is 5.75 Å². The standard InChI is InChI=1S/C23H23F4NO4S/c1-15(24)16-3-5-17(6-4-16)18-9-11-28(12-10-18)22(29)20-13-19(33(2,30)31)7-8-21(20)32-14-23(25,26)27/h3-9,13,15H,10-12,14H2,1-2H3. The first-order valence-corrected chi connectivity index (χ1v) is 12.0. The second-order valence-corrected chi connectivity index (χ2v) is 9.82. The Labute approximate surface area is 189 Å². The van der Waals surface area contributed by atoms with Crippen LogP contribution >= 0.6 is 0 Å². The molecule has 0 saturated carbocycles. The second kappa shape index (κ2) is 9.54. The number of amides is 1. The first-order chi connectivity index (χ1) is 15.3. The summed E-state index contributed by atoms with van der Waals surface area (Å²) < 4.78 is 79.9. The number of nitrogens with zero attached hydrogens (tertiary/aromatic N) is 1. The molecule has 1 aliphatic rings. The van der Waals surface area contributed by atoms with E-state index in [4.69, 9.17) is 4.74 Å². The van der Waals surface area contributed by atoms with Gasteiger partial charge in [-0.1, -0.05) is 30.3 Å². The zero-order valence-corrected chi connectivity index (χ0v) is 18.8. The fourth-order valence-electron chi connectivity index (χ4n) is 3.44. The molecule has 1 unspecified atom stereocenters. The van der Waals surface area contributed by atoms with Crippen LogP contribution in [0.3, 0.4) is 0 Å². The van der Waals surface area contributed by atoms with Gasteiger partial charge in [0, 0.05) is 19.3 Å². The lowest BCUT2D eigenvalue weighted by Gasteiger charge is -2.27. The summed E-state index contributed by atoms with van der Waals surface area (Å²) in [7, 11) is -3.69. The number of alkyl halides is 4. The van der Waals surface area contributed by atoms with Gasteiger partial charge in [-0.05, 0) is 48.2 Å². The molecule has 5 nitrogen and oxygen atoms in total. The maximum Gasteiger partial charge on any atom is 0.422 e. The van der Waals surface area contributed by atoms with Crippen molar-refractivity contribution >= 4 is 21.3 Å². The second-order valence-electron chi connectivity index (χ2n) is 7.80. The molecule has 0 spiro atoms. The highest BCUT2D eigenvalue weighted by atomic mass is 32.2. The molecule has 33 heavy (non-hydrogen) atoms. The summed E-state index contributed by atoms with van der Waals surface area (Å²) in [6.45, 7) is 0.290. The van der Waals surface area contributed by atoms with Gasteiger partial charge in [0.15, 0.2) is 16.4 Å². The number of ether oxygens (including phenoxy) is 1. The summed E-state index contributed by atoms with van der Waals surface area (Å²) in [4.78, 5) is 14.3. The van der Waals surface area contributed by atoms with Crippen LogP contribution in [0.15, 0.2) is 53.4 Å². The van der Waals surface area contributed by atoms with Crippen molar-refractivity contribution in [3.8, 4) is 5.75 Å². The van der Waals surface area contributed by atoms with Crippen molar-refractivity contribution in [3.05, 3.63) is 65.2 Å². The van der Waals surface area contributed by atoms with E-state index in [1.54, 1.807) is 24.3 Å². The molecule has 0 bridgehead atoms. The van der Waals surface area contributed by atoms with Crippen molar-refractivity contribution in [1.29, 1.82) is 0 Å². The summed E-state index contributed by atoms with van der Waals surface area (Å²) in [6, 6.07) is 10.2. The van der Waals surface area contributed by atoms with Crippen molar-refractivity contribution in [1.82, 2.24) is 4.90 Å². The molecule has 1 atom stereocenters. The molecule has 0 aliphatic carbocycles. The van der Waals surface area contributed by atoms with E-state index in [9.17, 15) is 30.8 Å².